The lowest BCUT2D eigenvalue weighted by Gasteiger charge is -2.14. The van der Waals surface area contributed by atoms with Crippen LogP contribution in [0.4, 0.5) is 0 Å². The summed E-state index contributed by atoms with van der Waals surface area (Å²) >= 11 is 0. The van der Waals surface area contributed by atoms with Gasteiger partial charge in [0.25, 0.3) is 0 Å². The van der Waals surface area contributed by atoms with Gasteiger partial charge in [-0.2, -0.15) is 0 Å². The van der Waals surface area contributed by atoms with Gasteiger partial charge < -0.3 is 10.6 Å². The van der Waals surface area contributed by atoms with E-state index in [2.05, 4.69) is 11.9 Å². The lowest BCUT2D eigenvalue weighted by molar-refractivity contribution is 0.619. The maximum absolute atomic E-state index is 5.73. The standard InChI is InChI=1S/C8H17N3/c1-5-6-7(9)8(10-2)11(3)4/h6H,5,9H2,1-4H3/b7-6+,10-8?. The van der Waals surface area contributed by atoms with E-state index in [1.807, 2.05) is 25.1 Å². The van der Waals surface area contributed by atoms with E-state index in [1.165, 1.54) is 0 Å². The van der Waals surface area contributed by atoms with Gasteiger partial charge in [0.05, 0.1) is 5.70 Å². The van der Waals surface area contributed by atoms with E-state index >= 15 is 0 Å². The van der Waals surface area contributed by atoms with Gasteiger partial charge in [0, 0.05) is 21.1 Å². The Kier molecular flexibility index (Phi) is 4.34. The minimum absolute atomic E-state index is 0.750. The summed E-state index contributed by atoms with van der Waals surface area (Å²) in [5.74, 6) is 0.840. The summed E-state index contributed by atoms with van der Waals surface area (Å²) in [6, 6.07) is 0. The Morgan fingerprint density at radius 3 is 2.36 bits per heavy atom. The molecule has 11 heavy (non-hydrogen) atoms. The number of hydrogen-bond acceptors (Lipinski definition) is 2. The highest BCUT2D eigenvalue weighted by Crippen LogP contribution is 1.94. The van der Waals surface area contributed by atoms with Crippen LogP contribution >= 0.6 is 0 Å². The molecule has 0 bridgehead atoms. The molecular weight excluding hydrogens is 138 g/mol. The third kappa shape index (κ3) is 3.07. The highest BCUT2D eigenvalue weighted by molar-refractivity contribution is 5.96. The van der Waals surface area contributed by atoms with E-state index in [4.69, 9.17) is 5.73 Å². The van der Waals surface area contributed by atoms with Crippen molar-refractivity contribution in [2.75, 3.05) is 21.1 Å². The average Bonchev–Trinajstić information content (AvgIpc) is 1.88. The molecule has 0 fully saturated rings. The fourth-order valence-corrected chi connectivity index (χ4v) is 0.898. The molecule has 3 nitrogen and oxygen atoms in total. The molecule has 3 heteroatoms. The monoisotopic (exact) mass is 155 g/mol. The van der Waals surface area contributed by atoms with E-state index in [0.717, 1.165) is 18.0 Å². The molecule has 0 aliphatic rings. The number of allylic oxidation sites excluding steroid dienone is 1. The molecule has 2 N–H and O–H groups in total. The van der Waals surface area contributed by atoms with Crippen molar-refractivity contribution in [3.05, 3.63) is 11.8 Å². The van der Waals surface area contributed by atoms with E-state index in [1.54, 1.807) is 7.05 Å². The van der Waals surface area contributed by atoms with E-state index in [9.17, 15) is 0 Å². The lowest BCUT2D eigenvalue weighted by atomic mass is 10.3. The molecule has 0 aromatic rings. The second kappa shape index (κ2) is 4.77. The van der Waals surface area contributed by atoms with Gasteiger partial charge in [-0.15, -0.1) is 0 Å². The summed E-state index contributed by atoms with van der Waals surface area (Å²) in [5.41, 5.74) is 6.48. The maximum atomic E-state index is 5.73. The maximum Gasteiger partial charge on any atom is 0.146 e. The highest BCUT2D eigenvalue weighted by atomic mass is 15.1. The molecule has 0 unspecified atom stereocenters. The molecule has 0 rings (SSSR count). The van der Waals surface area contributed by atoms with E-state index < -0.39 is 0 Å². The number of hydrogen-bond donors (Lipinski definition) is 1. The summed E-state index contributed by atoms with van der Waals surface area (Å²) in [6.45, 7) is 2.05. The van der Waals surface area contributed by atoms with Crippen LogP contribution in [0.25, 0.3) is 0 Å². The van der Waals surface area contributed by atoms with Crippen LogP contribution in [-0.2, 0) is 0 Å². The predicted octanol–water partition coefficient (Wildman–Crippen LogP) is 0.829. The minimum Gasteiger partial charge on any atom is -0.396 e. The van der Waals surface area contributed by atoms with Gasteiger partial charge in [-0.3, -0.25) is 4.99 Å². The first-order chi connectivity index (χ1) is 5.13. The van der Waals surface area contributed by atoms with Crippen LogP contribution in [0.5, 0.6) is 0 Å². The Balaban J connectivity index is 4.40. The Morgan fingerprint density at radius 2 is 2.09 bits per heavy atom. The van der Waals surface area contributed by atoms with Gasteiger partial charge in [-0.25, -0.2) is 0 Å². The van der Waals surface area contributed by atoms with Gasteiger partial charge in [0.1, 0.15) is 5.84 Å². The van der Waals surface area contributed by atoms with Gasteiger partial charge in [0.15, 0.2) is 0 Å². The molecule has 0 aliphatic carbocycles. The smallest absolute Gasteiger partial charge is 0.146 e. The Labute approximate surface area is 68.6 Å². The molecule has 0 heterocycles. The third-order valence-corrected chi connectivity index (χ3v) is 1.32. The number of amidine groups is 1. The van der Waals surface area contributed by atoms with Crippen molar-refractivity contribution < 1.29 is 0 Å². The summed E-state index contributed by atoms with van der Waals surface area (Å²) in [6.07, 6.45) is 2.90. The van der Waals surface area contributed by atoms with Crippen molar-refractivity contribution in [2.24, 2.45) is 10.7 Å². The van der Waals surface area contributed by atoms with E-state index in [0.29, 0.717) is 0 Å². The number of likely N-dealkylation sites (N-methyl/N-ethyl adjacent to an activating group) is 1. The lowest BCUT2D eigenvalue weighted by Crippen LogP contribution is -2.27. The third-order valence-electron chi connectivity index (χ3n) is 1.32. The SMILES string of the molecule is CC/C=C(/N)C(=NC)N(C)C. The number of rotatable bonds is 2. The van der Waals surface area contributed by atoms with Crippen molar-refractivity contribution in [1.29, 1.82) is 0 Å². The molecule has 0 saturated carbocycles. The Morgan fingerprint density at radius 1 is 1.55 bits per heavy atom. The zero-order valence-electron chi connectivity index (χ0n) is 7.76. The van der Waals surface area contributed by atoms with Crippen LogP contribution in [-0.4, -0.2) is 31.9 Å². The van der Waals surface area contributed by atoms with Gasteiger partial charge >= 0.3 is 0 Å². The summed E-state index contributed by atoms with van der Waals surface area (Å²) in [7, 11) is 5.60. The zero-order valence-corrected chi connectivity index (χ0v) is 7.76. The predicted molar refractivity (Wildman–Crippen MR) is 49.6 cm³/mol. The summed E-state index contributed by atoms with van der Waals surface area (Å²) < 4.78 is 0. The van der Waals surface area contributed by atoms with Gasteiger partial charge in [-0.05, 0) is 6.42 Å². The van der Waals surface area contributed by atoms with Crippen LogP contribution in [0, 0.1) is 0 Å². The molecule has 0 aromatic carbocycles. The van der Waals surface area contributed by atoms with Crippen molar-refractivity contribution in [1.82, 2.24) is 4.90 Å². The Bertz CT molecular complexity index is 168. The number of aliphatic imine (C=N–C) groups is 1. The largest absolute Gasteiger partial charge is 0.396 e. The quantitative estimate of drug-likeness (QED) is 0.474. The second-order valence-electron chi connectivity index (χ2n) is 2.51. The summed E-state index contributed by atoms with van der Waals surface area (Å²) in [4.78, 5) is 5.96. The first-order valence-corrected chi connectivity index (χ1v) is 3.73. The minimum atomic E-state index is 0.750. The van der Waals surface area contributed by atoms with Crippen molar-refractivity contribution >= 4 is 5.84 Å². The first kappa shape index (κ1) is 10.0. The number of nitrogens with zero attached hydrogens (tertiary/aromatic N) is 2. The fourth-order valence-electron chi connectivity index (χ4n) is 0.898. The van der Waals surface area contributed by atoms with Crippen molar-refractivity contribution in [2.45, 2.75) is 13.3 Å². The van der Waals surface area contributed by atoms with Crippen LogP contribution in [0.1, 0.15) is 13.3 Å². The molecule has 0 aliphatic heterocycles. The average molecular weight is 155 g/mol. The van der Waals surface area contributed by atoms with Crippen molar-refractivity contribution in [3.8, 4) is 0 Å². The molecule has 0 radical (unpaired) electrons. The second-order valence-corrected chi connectivity index (χ2v) is 2.51. The van der Waals surface area contributed by atoms with Gasteiger partial charge in [-0.1, -0.05) is 13.0 Å². The molecule has 0 saturated heterocycles. The van der Waals surface area contributed by atoms with Gasteiger partial charge in [0.2, 0.25) is 0 Å². The Hall–Kier alpha value is -0.990. The molecule has 0 amide bonds. The fraction of sp³-hybridized carbons (Fsp3) is 0.625. The molecular formula is C8H17N3. The van der Waals surface area contributed by atoms with Crippen molar-refractivity contribution in [3.63, 3.8) is 0 Å². The topological polar surface area (TPSA) is 41.6 Å². The van der Waals surface area contributed by atoms with Crippen LogP contribution in [0.3, 0.4) is 0 Å². The molecule has 64 valence electrons. The van der Waals surface area contributed by atoms with Crippen LogP contribution in [0.2, 0.25) is 0 Å². The molecule has 0 spiro atoms. The molecule has 0 aromatic heterocycles. The summed E-state index contributed by atoms with van der Waals surface area (Å²) in [5, 5.41) is 0. The normalized spacial score (nSPS) is 13.5. The van der Waals surface area contributed by atoms with Crippen LogP contribution < -0.4 is 5.73 Å². The first-order valence-electron chi connectivity index (χ1n) is 3.73. The highest BCUT2D eigenvalue weighted by Gasteiger charge is 2.01. The molecule has 0 atom stereocenters. The van der Waals surface area contributed by atoms with E-state index in [-0.39, 0.29) is 0 Å². The number of nitrogens with two attached hydrogens (primary N) is 1. The zero-order chi connectivity index (χ0) is 8.85. The van der Waals surface area contributed by atoms with Crippen LogP contribution in [0.15, 0.2) is 16.8 Å².